The minimum absolute atomic E-state index is 0.0143. The third-order valence-electron chi connectivity index (χ3n) is 19.1. The minimum atomic E-state index is -3.15. The number of Topliss-reactive ketones (excluding diaryl/α,β-unsaturated/α-hetero) is 4. The van der Waals surface area contributed by atoms with Gasteiger partial charge in [-0.25, -0.2) is 9.59 Å². The Labute approximate surface area is 540 Å². The molecule has 2 heterocycles. The molecule has 498 valence electrons. The molecule has 2 aromatic heterocycles. The number of likely N-dealkylation sites (N-methyl/N-ethyl adjacent to an activating group) is 2. The molecule has 29 nitrogen and oxygen atoms in total. The summed E-state index contributed by atoms with van der Waals surface area (Å²) in [6, 6.07) is 14.2. The van der Waals surface area contributed by atoms with Gasteiger partial charge in [-0.3, -0.25) is 48.2 Å². The summed E-state index contributed by atoms with van der Waals surface area (Å²) in [5, 5.41) is 104. The SMILES string of the molecule is CN(C)C1C(OC(=O)c2cc(=O)c3c(OCC(O)COc4cccc5oc(C(=O)OC6=C(C(N)=O)C(=O)C7(O)C(=O)C8=C(O)c9c(O)cccc9C(C)(O)C8CC7C6N(C)C)cc(=O)c45)cccc3o2)=C(C(N)=O)C(=O)C2(O)C(=O)C3=C(O)c4c(O)cccc4C(C)(O)C3CC12. The standard InChI is InChI=1S/C67H60N4O25/c1-64(87)26-11-7-13-32(73)42(26)52(77)44-28(64)19-30-50(70(3)4)54(48(60(68)83)58(81)66(30,89)56(44)79)95-62(85)40-21-34(75)46-36(15-9-17-38(46)93-40)91-23-25(72)24-92-37-16-10-18-39-47(37)35(76)22-41(94-39)63(86)96-55-49(61(69)84)59(82)67(90)31(51(55)71(5)6)20-29-45(57(67)80)53(78)43-27(65(29,2)88)12-8-14-33(43)74/h7-18,21-22,25,28-31,50-51,72-74,77-78,87-90H,19-20,23-24H2,1-6H3,(H2,68,83)(H2,69,84). The Hall–Kier alpha value is -10.7. The molecule has 13 N–H and O–H groups in total. The zero-order chi connectivity index (χ0) is 69.6. The van der Waals surface area contributed by atoms with Crippen molar-refractivity contribution in [3.63, 3.8) is 0 Å². The van der Waals surface area contributed by atoms with Crippen molar-refractivity contribution >= 4 is 80.3 Å². The number of carbonyl (C=O) groups is 8. The molecule has 2 fully saturated rings. The summed E-state index contributed by atoms with van der Waals surface area (Å²) in [5.74, 6) is -24.1. The van der Waals surface area contributed by atoms with Crippen molar-refractivity contribution in [2.45, 2.75) is 67.3 Å². The van der Waals surface area contributed by atoms with Gasteiger partial charge in [-0.15, -0.1) is 0 Å². The number of fused-ring (bicyclic) bond motifs is 8. The molecule has 10 atom stereocenters. The predicted octanol–water partition coefficient (Wildman–Crippen LogP) is 1.20. The van der Waals surface area contributed by atoms with Crippen molar-refractivity contribution in [2.24, 2.45) is 35.1 Å². The van der Waals surface area contributed by atoms with Crippen LogP contribution in [0.5, 0.6) is 23.0 Å². The number of esters is 2. The Morgan fingerprint density at radius 3 is 1.25 bits per heavy atom. The lowest BCUT2D eigenvalue weighted by Gasteiger charge is -2.53. The van der Waals surface area contributed by atoms with Crippen LogP contribution in [0.2, 0.25) is 0 Å². The zero-order valence-corrected chi connectivity index (χ0v) is 51.6. The number of rotatable bonds is 14. The first kappa shape index (κ1) is 65.4. The van der Waals surface area contributed by atoms with E-state index >= 15 is 0 Å². The van der Waals surface area contributed by atoms with Crippen LogP contribution in [0.3, 0.4) is 0 Å². The smallest absolute Gasteiger partial charge is 0.379 e. The Balaban J connectivity index is 0.755. The maximum absolute atomic E-state index is 14.5. The highest BCUT2D eigenvalue weighted by atomic mass is 16.6. The van der Waals surface area contributed by atoms with Crippen LogP contribution in [-0.4, -0.2) is 173 Å². The number of aliphatic hydroxyl groups is 7. The number of hydrogen-bond donors (Lipinski definition) is 11. The van der Waals surface area contributed by atoms with E-state index in [-0.39, 0.29) is 55.7 Å². The molecule has 2 saturated carbocycles. The van der Waals surface area contributed by atoms with Crippen LogP contribution in [0.1, 0.15) is 70.1 Å². The summed E-state index contributed by atoms with van der Waals surface area (Å²) < 4.78 is 34.7. The largest absolute Gasteiger partial charge is 0.507 e. The number of phenols is 2. The van der Waals surface area contributed by atoms with Crippen molar-refractivity contribution in [1.82, 2.24) is 9.80 Å². The van der Waals surface area contributed by atoms with E-state index in [1.165, 1.54) is 125 Å². The van der Waals surface area contributed by atoms with Crippen molar-refractivity contribution < 1.29 is 112 Å². The lowest BCUT2D eigenvalue weighted by molar-refractivity contribution is -0.167. The molecule has 29 heteroatoms. The lowest BCUT2D eigenvalue weighted by atomic mass is 9.54. The number of phenolic OH excluding ortho intramolecular Hbond substituents is 2. The van der Waals surface area contributed by atoms with Gasteiger partial charge in [0.25, 0.3) is 11.8 Å². The summed E-state index contributed by atoms with van der Waals surface area (Å²) in [7, 11) is 5.60. The maximum Gasteiger partial charge on any atom is 0.379 e. The van der Waals surface area contributed by atoms with Gasteiger partial charge in [0.2, 0.25) is 34.7 Å². The number of carbonyl (C=O) groups excluding carboxylic acids is 8. The number of primary amides is 2. The van der Waals surface area contributed by atoms with Gasteiger partial charge in [0.15, 0.2) is 22.1 Å². The first-order valence-electron chi connectivity index (χ1n) is 29.6. The Bertz CT molecular complexity index is 4500. The van der Waals surface area contributed by atoms with E-state index in [1.807, 2.05) is 0 Å². The molecule has 0 spiro atoms. The monoisotopic (exact) mass is 1320 g/mol. The molecule has 12 rings (SSSR count). The molecule has 6 aliphatic rings. The van der Waals surface area contributed by atoms with Gasteiger partial charge < -0.3 is 85.2 Å². The second kappa shape index (κ2) is 22.8. The van der Waals surface area contributed by atoms with Gasteiger partial charge in [0.1, 0.15) is 98.4 Å². The average molecular weight is 1320 g/mol. The summed E-state index contributed by atoms with van der Waals surface area (Å²) >= 11 is 0. The van der Waals surface area contributed by atoms with Crippen molar-refractivity contribution in [3.8, 4) is 23.0 Å². The Morgan fingerprint density at radius 1 is 0.552 bits per heavy atom. The lowest BCUT2D eigenvalue weighted by Crippen LogP contribution is -2.68. The van der Waals surface area contributed by atoms with E-state index in [9.17, 15) is 93.9 Å². The molecule has 0 saturated heterocycles. The fourth-order valence-corrected chi connectivity index (χ4v) is 14.7. The number of hydrogen-bond acceptors (Lipinski definition) is 27. The van der Waals surface area contributed by atoms with E-state index in [0.29, 0.717) is 12.1 Å². The van der Waals surface area contributed by atoms with E-state index in [0.717, 1.165) is 0 Å². The first-order chi connectivity index (χ1) is 45.1. The topological polar surface area (TPSA) is 474 Å². The first-order valence-corrected chi connectivity index (χ1v) is 29.6. The molecule has 0 bridgehead atoms. The summed E-state index contributed by atoms with van der Waals surface area (Å²) in [6.45, 7) is 1.43. The van der Waals surface area contributed by atoms with E-state index in [1.54, 1.807) is 0 Å². The quantitative estimate of drug-likeness (QED) is 0.0415. The third kappa shape index (κ3) is 9.54. The van der Waals surface area contributed by atoms with E-state index in [2.05, 4.69) is 0 Å². The number of benzene rings is 4. The molecule has 6 aromatic rings. The molecule has 0 aliphatic heterocycles. The van der Waals surface area contributed by atoms with Crippen LogP contribution < -0.4 is 31.8 Å². The molecule has 96 heavy (non-hydrogen) atoms. The number of nitrogens with zero attached hydrogens (tertiary/aromatic N) is 2. The van der Waals surface area contributed by atoms with Crippen LogP contribution in [-0.2, 0) is 49.4 Å². The number of aliphatic hydroxyl groups excluding tert-OH is 3. The molecule has 6 aliphatic carbocycles. The molecule has 0 radical (unpaired) electrons. The predicted molar refractivity (Wildman–Crippen MR) is 328 cm³/mol. The molecule has 2 amide bonds. The van der Waals surface area contributed by atoms with Gasteiger partial charge >= 0.3 is 11.9 Å². The number of ether oxygens (including phenoxy) is 4. The average Bonchev–Trinajstić information content (AvgIpc) is 0.694. The summed E-state index contributed by atoms with van der Waals surface area (Å²) in [6.07, 6.45) is -2.46. The van der Waals surface area contributed by atoms with Crippen LogP contribution in [0, 0.1) is 23.7 Å². The van der Waals surface area contributed by atoms with Gasteiger partial charge in [-0.05, 0) is 102 Å². The van der Waals surface area contributed by atoms with Gasteiger partial charge in [0.05, 0.1) is 34.4 Å². The van der Waals surface area contributed by atoms with Crippen LogP contribution >= 0.6 is 0 Å². The van der Waals surface area contributed by atoms with Gasteiger partial charge in [0, 0.05) is 47.0 Å². The fourth-order valence-electron chi connectivity index (χ4n) is 14.7. The van der Waals surface area contributed by atoms with Gasteiger partial charge in [-0.2, -0.15) is 0 Å². The fraction of sp³-hybridized carbons (Fsp3) is 0.313. The number of amides is 2. The number of aromatic hydroxyl groups is 2. The summed E-state index contributed by atoms with van der Waals surface area (Å²) in [5.41, 5.74) is -5.38. The van der Waals surface area contributed by atoms with E-state index in [4.69, 9.17) is 39.2 Å². The molecular weight excluding hydrogens is 1260 g/mol. The van der Waals surface area contributed by atoms with Crippen molar-refractivity contribution in [2.75, 3.05) is 41.4 Å². The number of nitrogens with two attached hydrogens (primary N) is 2. The Morgan fingerprint density at radius 2 is 0.906 bits per heavy atom. The van der Waals surface area contributed by atoms with Crippen LogP contribution in [0.4, 0.5) is 0 Å². The van der Waals surface area contributed by atoms with Gasteiger partial charge in [-0.1, -0.05) is 36.4 Å². The number of ketones is 4. The van der Waals surface area contributed by atoms with Crippen molar-refractivity contribution in [3.05, 3.63) is 173 Å². The minimum Gasteiger partial charge on any atom is -0.507 e. The maximum atomic E-state index is 14.5. The molecule has 10 unspecified atom stereocenters. The normalized spacial score (nSPS) is 27.2. The molecular formula is C67H60N4O25. The highest BCUT2D eigenvalue weighted by Crippen LogP contribution is 2.59. The van der Waals surface area contributed by atoms with Crippen LogP contribution in [0.15, 0.2) is 137 Å². The Kier molecular flexibility index (Phi) is 15.5. The third-order valence-corrected chi connectivity index (χ3v) is 19.1. The van der Waals surface area contributed by atoms with Crippen molar-refractivity contribution in [1.29, 1.82) is 0 Å². The second-order valence-electron chi connectivity index (χ2n) is 25.1. The zero-order valence-electron chi connectivity index (χ0n) is 51.6. The highest BCUT2D eigenvalue weighted by molar-refractivity contribution is 6.34. The van der Waals surface area contributed by atoms with E-state index < -0.39 is 216 Å². The van der Waals surface area contributed by atoms with Crippen LogP contribution in [0.25, 0.3) is 33.5 Å². The second-order valence-corrected chi connectivity index (χ2v) is 25.1. The highest BCUT2D eigenvalue weighted by Gasteiger charge is 2.70. The summed E-state index contributed by atoms with van der Waals surface area (Å²) in [4.78, 5) is 143. The molecule has 4 aromatic carbocycles.